The molecule has 24 heavy (non-hydrogen) atoms. The molecule has 0 aliphatic carbocycles. The summed E-state index contributed by atoms with van der Waals surface area (Å²) in [5.74, 6) is 1.58. The third kappa shape index (κ3) is 2.35. The summed E-state index contributed by atoms with van der Waals surface area (Å²) in [6.45, 7) is 8.04. The molecule has 0 amide bonds. The van der Waals surface area contributed by atoms with E-state index in [2.05, 4.69) is 27.1 Å². The Balaban J connectivity index is 1.92. The summed E-state index contributed by atoms with van der Waals surface area (Å²) >= 11 is 6.22. The zero-order valence-corrected chi connectivity index (χ0v) is 14.5. The van der Waals surface area contributed by atoms with Crippen LogP contribution in [-0.4, -0.2) is 45.6 Å². The molecule has 0 aromatic carbocycles. The lowest BCUT2D eigenvalue weighted by molar-refractivity contribution is 0.0986. The molecule has 7 nitrogen and oxygen atoms in total. The van der Waals surface area contributed by atoms with Crippen molar-refractivity contribution in [1.29, 1.82) is 0 Å². The number of aryl methyl sites for hydroxylation is 2. The van der Waals surface area contributed by atoms with Crippen LogP contribution >= 0.6 is 11.6 Å². The number of ether oxygens (including phenoxy) is 1. The van der Waals surface area contributed by atoms with Crippen LogP contribution < -0.4 is 4.90 Å². The number of aromatic nitrogens is 4. The number of anilines is 1. The summed E-state index contributed by atoms with van der Waals surface area (Å²) in [4.78, 5) is 6.69. The molecule has 3 aromatic heterocycles. The summed E-state index contributed by atoms with van der Waals surface area (Å²) in [6, 6.07) is 4.24. The molecule has 8 heteroatoms. The second-order valence-corrected chi connectivity index (χ2v) is 6.37. The molecule has 126 valence electrons. The van der Waals surface area contributed by atoms with Crippen molar-refractivity contribution in [3.05, 3.63) is 28.9 Å². The Kier molecular flexibility index (Phi) is 3.69. The van der Waals surface area contributed by atoms with Crippen LogP contribution in [-0.2, 0) is 4.74 Å². The van der Waals surface area contributed by atoms with Gasteiger partial charge in [-0.3, -0.25) is 0 Å². The fraction of sp³-hybridized carbons (Fsp3) is 0.438. The van der Waals surface area contributed by atoms with Crippen molar-refractivity contribution in [3.63, 3.8) is 0 Å². The number of halogens is 1. The Labute approximate surface area is 144 Å². The minimum absolute atomic E-state index is 0.209. The van der Waals surface area contributed by atoms with Gasteiger partial charge in [0.25, 0.3) is 0 Å². The molecule has 3 aromatic rings. The molecular formula is C16H18ClN5O2. The van der Waals surface area contributed by atoms with E-state index >= 15 is 0 Å². The Bertz CT molecular complexity index is 884. The minimum atomic E-state index is 0.209. The van der Waals surface area contributed by atoms with Gasteiger partial charge in [-0.15, -0.1) is 5.10 Å². The van der Waals surface area contributed by atoms with Gasteiger partial charge in [-0.05, 0) is 44.5 Å². The number of hydrogen-bond acceptors (Lipinski definition) is 6. The van der Waals surface area contributed by atoms with Gasteiger partial charge in [0.15, 0.2) is 5.82 Å². The predicted octanol–water partition coefficient (Wildman–Crippen LogP) is 2.88. The molecule has 0 bridgehead atoms. The zero-order valence-electron chi connectivity index (χ0n) is 13.8. The molecule has 0 radical (unpaired) electrons. The monoisotopic (exact) mass is 347 g/mol. The molecule has 0 spiro atoms. The molecule has 0 unspecified atom stereocenters. The van der Waals surface area contributed by atoms with Crippen LogP contribution in [0.1, 0.15) is 18.4 Å². The average Bonchev–Trinajstić information content (AvgIpc) is 3.10. The average molecular weight is 348 g/mol. The first kappa shape index (κ1) is 15.4. The zero-order chi connectivity index (χ0) is 16.8. The topological polar surface area (TPSA) is 68.7 Å². The molecule has 1 aliphatic heterocycles. The van der Waals surface area contributed by atoms with E-state index in [0.717, 1.165) is 40.6 Å². The molecule has 0 saturated carbocycles. The van der Waals surface area contributed by atoms with Gasteiger partial charge in [0.1, 0.15) is 11.3 Å². The summed E-state index contributed by atoms with van der Waals surface area (Å²) in [5, 5.41) is 8.64. The van der Waals surface area contributed by atoms with Crippen molar-refractivity contribution in [2.75, 3.05) is 24.7 Å². The van der Waals surface area contributed by atoms with E-state index in [1.807, 2.05) is 30.5 Å². The van der Waals surface area contributed by atoms with Gasteiger partial charge in [0.2, 0.25) is 5.28 Å². The highest BCUT2D eigenvalue weighted by Crippen LogP contribution is 2.32. The van der Waals surface area contributed by atoms with Crippen molar-refractivity contribution in [2.45, 2.75) is 26.8 Å². The number of nitrogens with zero attached hydrogens (tertiary/aromatic N) is 5. The van der Waals surface area contributed by atoms with Crippen LogP contribution in [0, 0.1) is 13.8 Å². The summed E-state index contributed by atoms with van der Waals surface area (Å²) in [5.41, 5.74) is 3.56. The largest absolute Gasteiger partial charge is 0.377 e. The fourth-order valence-corrected chi connectivity index (χ4v) is 3.40. The second kappa shape index (κ2) is 5.75. The van der Waals surface area contributed by atoms with E-state index < -0.39 is 0 Å². The Morgan fingerprint density at radius 3 is 2.83 bits per heavy atom. The lowest BCUT2D eigenvalue weighted by Crippen LogP contribution is -2.44. The standard InChI is InChI=1S/C16H18ClN5O2/c1-9-8-23-7-6-21(9)15-13-5-4-12(22(13)19-16(17)18-15)14-10(2)20-24-11(14)3/h4-5,9H,6-8H2,1-3H3/t9-/m1/s1. The predicted molar refractivity (Wildman–Crippen MR) is 90.6 cm³/mol. The number of morpholine rings is 1. The smallest absolute Gasteiger partial charge is 0.243 e. The number of hydrogen-bond donors (Lipinski definition) is 0. The molecule has 0 N–H and O–H groups in total. The van der Waals surface area contributed by atoms with Crippen LogP contribution in [0.3, 0.4) is 0 Å². The van der Waals surface area contributed by atoms with E-state index in [0.29, 0.717) is 13.2 Å². The summed E-state index contributed by atoms with van der Waals surface area (Å²) < 4.78 is 12.6. The van der Waals surface area contributed by atoms with Crippen molar-refractivity contribution in [1.82, 2.24) is 19.8 Å². The highest BCUT2D eigenvalue weighted by Gasteiger charge is 2.25. The van der Waals surface area contributed by atoms with Crippen LogP contribution in [0.15, 0.2) is 16.7 Å². The van der Waals surface area contributed by atoms with Crippen LogP contribution in [0.4, 0.5) is 5.82 Å². The summed E-state index contributed by atoms with van der Waals surface area (Å²) in [6.07, 6.45) is 0. The van der Waals surface area contributed by atoms with Gasteiger partial charge >= 0.3 is 0 Å². The number of rotatable bonds is 2. The second-order valence-electron chi connectivity index (χ2n) is 6.04. The lowest BCUT2D eigenvalue weighted by atomic mass is 10.1. The van der Waals surface area contributed by atoms with Gasteiger partial charge in [0.05, 0.1) is 36.2 Å². The van der Waals surface area contributed by atoms with Crippen molar-refractivity contribution in [2.24, 2.45) is 0 Å². The van der Waals surface area contributed by atoms with Gasteiger partial charge in [-0.2, -0.15) is 4.98 Å². The maximum atomic E-state index is 6.22. The van der Waals surface area contributed by atoms with Crippen molar-refractivity contribution < 1.29 is 9.26 Å². The third-order valence-corrected chi connectivity index (χ3v) is 4.55. The van der Waals surface area contributed by atoms with E-state index in [-0.39, 0.29) is 11.3 Å². The van der Waals surface area contributed by atoms with Crippen molar-refractivity contribution >= 4 is 22.9 Å². The summed E-state index contributed by atoms with van der Waals surface area (Å²) in [7, 11) is 0. The maximum Gasteiger partial charge on any atom is 0.243 e. The molecular weight excluding hydrogens is 330 g/mol. The van der Waals surface area contributed by atoms with Gasteiger partial charge < -0.3 is 14.2 Å². The van der Waals surface area contributed by atoms with E-state index in [1.165, 1.54) is 0 Å². The first-order valence-electron chi connectivity index (χ1n) is 7.89. The Morgan fingerprint density at radius 2 is 2.12 bits per heavy atom. The quantitative estimate of drug-likeness (QED) is 0.710. The van der Waals surface area contributed by atoms with Gasteiger partial charge in [-0.1, -0.05) is 5.16 Å². The molecule has 1 aliphatic rings. The van der Waals surface area contributed by atoms with Crippen LogP contribution in [0.25, 0.3) is 16.8 Å². The Hall–Kier alpha value is -2.12. The number of fused-ring (bicyclic) bond motifs is 1. The highest BCUT2D eigenvalue weighted by atomic mass is 35.5. The highest BCUT2D eigenvalue weighted by molar-refractivity contribution is 6.28. The van der Waals surface area contributed by atoms with Crippen LogP contribution in [0.5, 0.6) is 0 Å². The lowest BCUT2D eigenvalue weighted by Gasteiger charge is -2.34. The first-order valence-corrected chi connectivity index (χ1v) is 8.27. The van der Waals surface area contributed by atoms with E-state index in [1.54, 1.807) is 0 Å². The fourth-order valence-electron chi connectivity index (χ4n) is 3.25. The van der Waals surface area contributed by atoms with Crippen molar-refractivity contribution in [3.8, 4) is 11.3 Å². The van der Waals surface area contributed by atoms with Crippen LogP contribution in [0.2, 0.25) is 5.28 Å². The van der Waals surface area contributed by atoms with Gasteiger partial charge in [-0.25, -0.2) is 4.52 Å². The molecule has 1 saturated heterocycles. The molecule has 4 heterocycles. The Morgan fingerprint density at radius 1 is 1.29 bits per heavy atom. The third-order valence-electron chi connectivity index (χ3n) is 4.39. The van der Waals surface area contributed by atoms with Gasteiger partial charge in [0, 0.05) is 6.54 Å². The maximum absolute atomic E-state index is 6.22. The minimum Gasteiger partial charge on any atom is -0.377 e. The molecule has 1 fully saturated rings. The molecule has 1 atom stereocenters. The normalized spacial score (nSPS) is 18.5. The first-order chi connectivity index (χ1) is 11.6. The molecule has 4 rings (SSSR count). The van der Waals surface area contributed by atoms with E-state index in [4.69, 9.17) is 20.9 Å². The van der Waals surface area contributed by atoms with E-state index in [9.17, 15) is 0 Å². The SMILES string of the molecule is Cc1noc(C)c1-c1ccc2c(N3CCOC[C@H]3C)nc(Cl)nn12.